The lowest BCUT2D eigenvalue weighted by molar-refractivity contribution is 0.102. The van der Waals surface area contributed by atoms with Crippen molar-refractivity contribution in [3.63, 3.8) is 0 Å². The van der Waals surface area contributed by atoms with Gasteiger partial charge in [0.05, 0.1) is 5.69 Å². The normalized spacial score (nSPS) is 9.79. The van der Waals surface area contributed by atoms with Crippen LogP contribution in [0.25, 0.3) is 0 Å². The van der Waals surface area contributed by atoms with E-state index in [-0.39, 0.29) is 18.3 Å². The summed E-state index contributed by atoms with van der Waals surface area (Å²) in [7, 11) is 0. The first-order chi connectivity index (χ1) is 8.61. The van der Waals surface area contributed by atoms with Crippen LogP contribution in [0.3, 0.4) is 0 Å². The zero-order valence-corrected chi connectivity index (χ0v) is 12.3. The van der Waals surface area contributed by atoms with Gasteiger partial charge in [0.2, 0.25) is 0 Å². The van der Waals surface area contributed by atoms with E-state index in [0.29, 0.717) is 17.0 Å². The SMILES string of the molecule is CCc1nnsc1C(=O)Nc1cc(N)ccc1C.Cl. The predicted octanol–water partition coefficient (Wildman–Crippen LogP) is 2.67. The molecule has 0 aliphatic carbocycles. The number of carbonyl (C=O) groups excluding carboxylic acids is 1. The van der Waals surface area contributed by atoms with Gasteiger partial charge in [0.15, 0.2) is 0 Å². The summed E-state index contributed by atoms with van der Waals surface area (Å²) in [5.74, 6) is -0.185. The first kappa shape index (κ1) is 15.4. The molecule has 0 unspecified atom stereocenters. The van der Waals surface area contributed by atoms with E-state index in [1.54, 1.807) is 12.1 Å². The summed E-state index contributed by atoms with van der Waals surface area (Å²) in [6, 6.07) is 5.42. The molecule has 0 aliphatic heterocycles. The van der Waals surface area contributed by atoms with Gasteiger partial charge < -0.3 is 11.1 Å². The molecule has 2 aromatic rings. The van der Waals surface area contributed by atoms with Gasteiger partial charge in [-0.1, -0.05) is 17.5 Å². The molecule has 1 aromatic carbocycles. The maximum Gasteiger partial charge on any atom is 0.269 e. The Bertz CT molecular complexity index is 585. The fourth-order valence-corrected chi connectivity index (χ4v) is 2.21. The van der Waals surface area contributed by atoms with Gasteiger partial charge in [0.1, 0.15) is 4.88 Å². The highest BCUT2D eigenvalue weighted by atomic mass is 35.5. The number of nitrogens with zero attached hydrogens (tertiary/aromatic N) is 2. The molecule has 1 heterocycles. The number of benzene rings is 1. The average Bonchev–Trinajstić information content (AvgIpc) is 2.82. The number of carbonyl (C=O) groups is 1. The largest absolute Gasteiger partial charge is 0.399 e. The average molecular weight is 299 g/mol. The van der Waals surface area contributed by atoms with E-state index in [1.165, 1.54) is 0 Å². The Kier molecular flexibility index (Phi) is 5.26. The molecule has 7 heteroatoms. The molecule has 1 aromatic heterocycles. The van der Waals surface area contributed by atoms with E-state index in [2.05, 4.69) is 14.9 Å². The van der Waals surface area contributed by atoms with E-state index in [9.17, 15) is 4.79 Å². The van der Waals surface area contributed by atoms with Crippen molar-refractivity contribution in [3.8, 4) is 0 Å². The van der Waals surface area contributed by atoms with Gasteiger partial charge in [-0.25, -0.2) is 0 Å². The summed E-state index contributed by atoms with van der Waals surface area (Å²) >= 11 is 1.11. The second-order valence-electron chi connectivity index (χ2n) is 3.93. The Morgan fingerprint density at radius 1 is 1.47 bits per heavy atom. The van der Waals surface area contributed by atoms with Gasteiger partial charge in [0.25, 0.3) is 5.91 Å². The van der Waals surface area contributed by atoms with Gasteiger partial charge in [-0.15, -0.1) is 17.5 Å². The van der Waals surface area contributed by atoms with E-state index in [1.807, 2.05) is 19.9 Å². The van der Waals surface area contributed by atoms with Crippen molar-refractivity contribution in [1.29, 1.82) is 0 Å². The molecular formula is C12H15ClN4OS. The second-order valence-corrected chi connectivity index (χ2v) is 4.68. The van der Waals surface area contributed by atoms with Crippen LogP contribution in [-0.4, -0.2) is 15.5 Å². The summed E-state index contributed by atoms with van der Waals surface area (Å²) in [6.07, 6.45) is 0.690. The molecule has 2 rings (SSSR count). The predicted molar refractivity (Wildman–Crippen MR) is 80.1 cm³/mol. The van der Waals surface area contributed by atoms with E-state index < -0.39 is 0 Å². The van der Waals surface area contributed by atoms with Crippen LogP contribution in [0.1, 0.15) is 27.9 Å². The number of hydrogen-bond acceptors (Lipinski definition) is 5. The van der Waals surface area contributed by atoms with Crippen molar-refractivity contribution in [2.45, 2.75) is 20.3 Å². The van der Waals surface area contributed by atoms with Crippen LogP contribution in [0.5, 0.6) is 0 Å². The van der Waals surface area contributed by atoms with Crippen LogP contribution in [0.15, 0.2) is 18.2 Å². The van der Waals surface area contributed by atoms with Crippen LogP contribution < -0.4 is 11.1 Å². The standard InChI is InChI=1S/C12H14N4OS.ClH/c1-3-9-11(18-16-15-9)12(17)14-10-6-8(13)5-4-7(10)2;/h4-6H,3,13H2,1-2H3,(H,14,17);1H. The smallest absolute Gasteiger partial charge is 0.269 e. The maximum atomic E-state index is 12.1. The molecule has 0 radical (unpaired) electrons. The highest BCUT2D eigenvalue weighted by Gasteiger charge is 2.15. The number of nitrogens with two attached hydrogens (primary N) is 1. The molecule has 1 amide bonds. The fourth-order valence-electron chi connectivity index (χ4n) is 1.57. The minimum atomic E-state index is -0.185. The number of nitrogens with one attached hydrogen (secondary N) is 1. The monoisotopic (exact) mass is 298 g/mol. The van der Waals surface area contributed by atoms with Gasteiger partial charge in [-0.2, -0.15) is 0 Å². The number of aromatic nitrogens is 2. The van der Waals surface area contributed by atoms with Crippen molar-refractivity contribution < 1.29 is 4.79 Å². The fraction of sp³-hybridized carbons (Fsp3) is 0.250. The summed E-state index contributed by atoms with van der Waals surface area (Å²) in [4.78, 5) is 12.7. The van der Waals surface area contributed by atoms with Crippen molar-refractivity contribution in [2.24, 2.45) is 0 Å². The highest BCUT2D eigenvalue weighted by molar-refractivity contribution is 7.08. The number of amides is 1. The quantitative estimate of drug-likeness (QED) is 0.854. The van der Waals surface area contributed by atoms with Gasteiger partial charge in [-0.3, -0.25) is 4.79 Å². The van der Waals surface area contributed by atoms with Crippen LogP contribution in [0.2, 0.25) is 0 Å². The molecule has 0 atom stereocenters. The number of halogens is 1. The summed E-state index contributed by atoms with van der Waals surface area (Å²) < 4.78 is 3.80. The first-order valence-electron chi connectivity index (χ1n) is 5.60. The lowest BCUT2D eigenvalue weighted by Crippen LogP contribution is -2.13. The summed E-state index contributed by atoms with van der Waals surface area (Å²) in [5.41, 5.74) is 8.73. The maximum absolute atomic E-state index is 12.1. The Balaban J connectivity index is 0.00000180. The van der Waals surface area contributed by atoms with Crippen LogP contribution >= 0.6 is 23.9 Å². The molecule has 102 valence electrons. The molecule has 0 saturated carbocycles. The van der Waals surface area contributed by atoms with Crippen molar-refractivity contribution in [2.75, 3.05) is 11.1 Å². The molecular weight excluding hydrogens is 284 g/mol. The molecule has 19 heavy (non-hydrogen) atoms. The molecule has 0 aliphatic rings. The summed E-state index contributed by atoms with van der Waals surface area (Å²) in [6.45, 7) is 3.86. The number of aryl methyl sites for hydroxylation is 2. The molecule has 0 saturated heterocycles. The summed E-state index contributed by atoms with van der Waals surface area (Å²) in [5, 5.41) is 6.76. The zero-order chi connectivity index (χ0) is 13.1. The van der Waals surface area contributed by atoms with E-state index in [4.69, 9.17) is 5.73 Å². The molecule has 0 spiro atoms. The molecule has 3 N–H and O–H groups in total. The lowest BCUT2D eigenvalue weighted by atomic mass is 10.1. The topological polar surface area (TPSA) is 80.9 Å². The number of anilines is 2. The lowest BCUT2D eigenvalue weighted by Gasteiger charge is -2.08. The van der Waals surface area contributed by atoms with Crippen LogP contribution in [0, 0.1) is 6.92 Å². The number of nitrogen functional groups attached to an aromatic ring is 1. The van der Waals surface area contributed by atoms with Gasteiger partial charge >= 0.3 is 0 Å². The molecule has 0 bridgehead atoms. The van der Waals surface area contributed by atoms with Crippen molar-refractivity contribution in [3.05, 3.63) is 34.3 Å². The highest BCUT2D eigenvalue weighted by Crippen LogP contribution is 2.20. The molecule has 5 nitrogen and oxygen atoms in total. The van der Waals surface area contributed by atoms with Crippen molar-refractivity contribution >= 4 is 41.2 Å². The van der Waals surface area contributed by atoms with Crippen LogP contribution in [0.4, 0.5) is 11.4 Å². The first-order valence-corrected chi connectivity index (χ1v) is 6.38. The third-order valence-electron chi connectivity index (χ3n) is 2.61. The third kappa shape index (κ3) is 3.42. The Labute approximate surface area is 121 Å². The minimum Gasteiger partial charge on any atom is -0.399 e. The van der Waals surface area contributed by atoms with Gasteiger partial charge in [0, 0.05) is 11.4 Å². The number of hydrogen-bond donors (Lipinski definition) is 2. The van der Waals surface area contributed by atoms with Crippen molar-refractivity contribution in [1.82, 2.24) is 9.59 Å². The molecule has 0 fully saturated rings. The van der Waals surface area contributed by atoms with Crippen LogP contribution in [-0.2, 0) is 6.42 Å². The third-order valence-corrected chi connectivity index (χ3v) is 3.37. The van der Waals surface area contributed by atoms with E-state index in [0.717, 1.165) is 28.5 Å². The zero-order valence-electron chi connectivity index (χ0n) is 10.6. The minimum absolute atomic E-state index is 0. The Hall–Kier alpha value is -1.66. The second kappa shape index (κ2) is 6.49. The Morgan fingerprint density at radius 3 is 2.89 bits per heavy atom. The Morgan fingerprint density at radius 2 is 2.21 bits per heavy atom. The number of rotatable bonds is 3. The van der Waals surface area contributed by atoms with Gasteiger partial charge in [-0.05, 0) is 42.6 Å². The van der Waals surface area contributed by atoms with E-state index >= 15 is 0 Å².